The van der Waals surface area contributed by atoms with Crippen molar-refractivity contribution in [3.63, 3.8) is 0 Å². The Morgan fingerprint density at radius 1 is 0.931 bits per heavy atom. The third-order valence-electron chi connectivity index (χ3n) is 3.92. The molecule has 0 atom stereocenters. The Morgan fingerprint density at radius 2 is 1.62 bits per heavy atom. The summed E-state index contributed by atoms with van der Waals surface area (Å²) < 4.78 is 5.75. The number of rotatable bonds is 6. The van der Waals surface area contributed by atoms with Crippen LogP contribution in [0.15, 0.2) is 84.4 Å². The largest absolute Gasteiger partial charge is 0.478 e. The number of carbonyl (C=O) groups is 2. The molecule has 0 saturated carbocycles. The summed E-state index contributed by atoms with van der Waals surface area (Å²) in [5.41, 5.74) is 0.488. The van der Waals surface area contributed by atoms with E-state index in [1.165, 1.54) is 18.2 Å². The Balaban J connectivity index is 1.81. The molecule has 2 N–H and O–H groups in total. The van der Waals surface area contributed by atoms with E-state index in [1.54, 1.807) is 36.4 Å². The number of benzene rings is 3. The van der Waals surface area contributed by atoms with Gasteiger partial charge in [0, 0.05) is 0 Å². The number of aromatic carboxylic acids is 1. The number of hydrogen-bond acceptors (Lipinski definition) is 4. The van der Waals surface area contributed by atoms with Gasteiger partial charge in [-0.05, 0) is 48.0 Å². The van der Waals surface area contributed by atoms with Crippen LogP contribution in [0.2, 0.25) is 0 Å². The van der Waals surface area contributed by atoms with Gasteiger partial charge in [-0.2, -0.15) is 5.26 Å². The molecule has 0 aliphatic rings. The summed E-state index contributed by atoms with van der Waals surface area (Å²) in [6.45, 7) is 0. The molecule has 3 aromatic rings. The van der Waals surface area contributed by atoms with Gasteiger partial charge in [0.25, 0.3) is 5.91 Å². The second kappa shape index (κ2) is 9.02. The van der Waals surface area contributed by atoms with Crippen molar-refractivity contribution in [2.24, 2.45) is 0 Å². The average molecular weight is 384 g/mol. The third kappa shape index (κ3) is 5.08. The number of para-hydroxylation sites is 2. The van der Waals surface area contributed by atoms with Crippen LogP contribution in [-0.4, -0.2) is 17.0 Å². The standard InChI is InChI=1S/C23H16N2O4/c24-15-17(22(26)25-21-12-5-4-11-20(21)23(27)28)13-16-7-6-10-19(14-16)29-18-8-2-1-3-9-18/h1-14H,(H,25,26)(H,27,28)/b17-13+. The van der Waals surface area contributed by atoms with E-state index in [4.69, 9.17) is 4.74 Å². The number of nitrogens with zero attached hydrogens (tertiary/aromatic N) is 1. The maximum Gasteiger partial charge on any atom is 0.337 e. The molecule has 6 nitrogen and oxygen atoms in total. The molecule has 0 bridgehead atoms. The van der Waals surface area contributed by atoms with E-state index < -0.39 is 11.9 Å². The summed E-state index contributed by atoms with van der Waals surface area (Å²) in [4.78, 5) is 23.7. The van der Waals surface area contributed by atoms with Crippen molar-refractivity contribution in [1.29, 1.82) is 5.26 Å². The summed E-state index contributed by atoms with van der Waals surface area (Å²) in [6, 6.07) is 24.0. The lowest BCUT2D eigenvalue weighted by molar-refractivity contribution is -0.112. The number of carbonyl (C=O) groups excluding carboxylic acids is 1. The first kappa shape index (κ1) is 19.4. The number of ether oxygens (including phenoxy) is 1. The monoisotopic (exact) mass is 384 g/mol. The predicted molar refractivity (Wildman–Crippen MR) is 109 cm³/mol. The molecule has 0 unspecified atom stereocenters. The zero-order chi connectivity index (χ0) is 20.6. The smallest absolute Gasteiger partial charge is 0.337 e. The quantitative estimate of drug-likeness (QED) is 0.473. The Hall–Kier alpha value is -4.37. The number of amides is 1. The molecule has 0 aliphatic carbocycles. The van der Waals surface area contributed by atoms with Gasteiger partial charge >= 0.3 is 5.97 Å². The second-order valence-corrected chi connectivity index (χ2v) is 5.96. The minimum atomic E-state index is -1.17. The summed E-state index contributed by atoms with van der Waals surface area (Å²) >= 11 is 0. The van der Waals surface area contributed by atoms with Gasteiger partial charge in [-0.25, -0.2) is 4.79 Å². The number of carboxylic acids is 1. The molecule has 29 heavy (non-hydrogen) atoms. The van der Waals surface area contributed by atoms with Gasteiger partial charge in [0.05, 0.1) is 11.3 Å². The van der Waals surface area contributed by atoms with Gasteiger partial charge in [-0.1, -0.05) is 42.5 Å². The highest BCUT2D eigenvalue weighted by atomic mass is 16.5. The molecule has 142 valence electrons. The minimum Gasteiger partial charge on any atom is -0.478 e. The van der Waals surface area contributed by atoms with Crippen molar-refractivity contribution in [1.82, 2.24) is 0 Å². The van der Waals surface area contributed by atoms with E-state index in [0.29, 0.717) is 17.1 Å². The molecule has 0 spiro atoms. The van der Waals surface area contributed by atoms with Crippen LogP contribution in [0.3, 0.4) is 0 Å². The first-order chi connectivity index (χ1) is 14.1. The van der Waals surface area contributed by atoms with E-state index in [0.717, 1.165) is 0 Å². The van der Waals surface area contributed by atoms with Crippen LogP contribution in [0.5, 0.6) is 11.5 Å². The molecular weight excluding hydrogens is 368 g/mol. The predicted octanol–water partition coefficient (Wildman–Crippen LogP) is 4.72. The fraction of sp³-hybridized carbons (Fsp3) is 0. The lowest BCUT2D eigenvalue weighted by Gasteiger charge is -2.08. The molecule has 0 radical (unpaired) electrons. The molecule has 0 heterocycles. The highest BCUT2D eigenvalue weighted by Crippen LogP contribution is 2.23. The molecule has 6 heteroatoms. The van der Waals surface area contributed by atoms with Gasteiger partial charge in [0.1, 0.15) is 23.1 Å². The molecule has 3 aromatic carbocycles. The highest BCUT2D eigenvalue weighted by molar-refractivity contribution is 6.11. The van der Waals surface area contributed by atoms with Gasteiger partial charge in [0.15, 0.2) is 0 Å². The Morgan fingerprint density at radius 3 is 2.34 bits per heavy atom. The summed E-state index contributed by atoms with van der Waals surface area (Å²) in [7, 11) is 0. The summed E-state index contributed by atoms with van der Waals surface area (Å²) in [6.07, 6.45) is 1.41. The Labute approximate surface area is 167 Å². The van der Waals surface area contributed by atoms with E-state index in [-0.39, 0.29) is 16.8 Å². The maximum absolute atomic E-state index is 12.5. The van der Waals surface area contributed by atoms with Crippen LogP contribution < -0.4 is 10.1 Å². The van der Waals surface area contributed by atoms with Crippen LogP contribution in [0.1, 0.15) is 15.9 Å². The summed E-state index contributed by atoms with van der Waals surface area (Å²) in [5, 5.41) is 21.1. The van der Waals surface area contributed by atoms with E-state index >= 15 is 0 Å². The molecule has 0 fully saturated rings. The van der Waals surface area contributed by atoms with Crippen LogP contribution in [0, 0.1) is 11.3 Å². The number of hydrogen-bond donors (Lipinski definition) is 2. The van der Waals surface area contributed by atoms with Gasteiger partial charge in [0.2, 0.25) is 0 Å². The minimum absolute atomic E-state index is 0.0589. The zero-order valence-electron chi connectivity index (χ0n) is 15.2. The first-order valence-electron chi connectivity index (χ1n) is 8.65. The van der Waals surface area contributed by atoms with Crippen molar-refractivity contribution < 1.29 is 19.4 Å². The molecule has 0 aromatic heterocycles. The number of nitrogens with one attached hydrogen (secondary N) is 1. The van der Waals surface area contributed by atoms with Crippen molar-refractivity contribution in [3.8, 4) is 17.6 Å². The van der Waals surface area contributed by atoms with Crippen molar-refractivity contribution in [3.05, 3.63) is 95.6 Å². The lowest BCUT2D eigenvalue weighted by atomic mass is 10.1. The van der Waals surface area contributed by atoms with Crippen molar-refractivity contribution in [2.75, 3.05) is 5.32 Å². The second-order valence-electron chi connectivity index (χ2n) is 5.96. The number of carboxylic acid groups (broad SMARTS) is 1. The fourth-order valence-corrected chi connectivity index (χ4v) is 2.58. The topological polar surface area (TPSA) is 99.4 Å². The van der Waals surface area contributed by atoms with Crippen LogP contribution in [-0.2, 0) is 4.79 Å². The maximum atomic E-state index is 12.5. The molecule has 0 saturated heterocycles. The van der Waals surface area contributed by atoms with Gasteiger partial charge < -0.3 is 15.2 Å². The van der Waals surface area contributed by atoms with E-state index in [9.17, 15) is 20.0 Å². The molecule has 3 rings (SSSR count). The Bertz CT molecular complexity index is 1110. The lowest BCUT2D eigenvalue weighted by Crippen LogP contribution is -2.16. The Kier molecular flexibility index (Phi) is 6.03. The normalized spacial score (nSPS) is 10.7. The summed E-state index contributed by atoms with van der Waals surface area (Å²) in [5.74, 6) is -0.652. The number of anilines is 1. The highest BCUT2D eigenvalue weighted by Gasteiger charge is 2.15. The zero-order valence-corrected chi connectivity index (χ0v) is 15.2. The van der Waals surface area contributed by atoms with Gasteiger partial charge in [-0.3, -0.25) is 4.79 Å². The van der Waals surface area contributed by atoms with E-state index in [2.05, 4.69) is 5.32 Å². The van der Waals surface area contributed by atoms with Crippen molar-refractivity contribution >= 4 is 23.6 Å². The van der Waals surface area contributed by atoms with Crippen LogP contribution >= 0.6 is 0 Å². The SMILES string of the molecule is N#C/C(=C\c1cccc(Oc2ccccc2)c1)C(=O)Nc1ccccc1C(=O)O. The van der Waals surface area contributed by atoms with Crippen LogP contribution in [0.25, 0.3) is 6.08 Å². The van der Waals surface area contributed by atoms with Crippen LogP contribution in [0.4, 0.5) is 5.69 Å². The molecular formula is C23H16N2O4. The van der Waals surface area contributed by atoms with Gasteiger partial charge in [-0.15, -0.1) is 0 Å². The van der Waals surface area contributed by atoms with E-state index in [1.807, 2.05) is 36.4 Å². The first-order valence-corrected chi connectivity index (χ1v) is 8.65. The molecule has 0 aliphatic heterocycles. The fourth-order valence-electron chi connectivity index (χ4n) is 2.58. The third-order valence-corrected chi connectivity index (χ3v) is 3.92. The average Bonchev–Trinajstić information content (AvgIpc) is 2.73. The molecule has 1 amide bonds. The number of nitriles is 1. The van der Waals surface area contributed by atoms with Crippen molar-refractivity contribution in [2.45, 2.75) is 0 Å².